The number of benzene rings is 2. The standard InChI is InChI=1S/C33H35Br2N7O4/c34-26-17-22(18-27(35)30(26)43)19-28(31(44)40-15-13-39(14-16-40)25-7-4-10-36-20-25)37-32(45)41-11-8-24(9-12-41)42-21-29(38-33(42)46)23-5-2-1-3-6-23/h1-7,10,17-18,20-21,24,28,43H,8-9,11-16,19H2,(H,37,45)(H,38,46)/t28-/m0/s1. The second-order valence-corrected chi connectivity index (χ2v) is 13.3. The summed E-state index contributed by atoms with van der Waals surface area (Å²) in [6.07, 6.45) is 6.90. The van der Waals surface area contributed by atoms with Gasteiger partial charge in [-0.05, 0) is 80.1 Å². The number of pyridine rings is 1. The number of hydrogen-bond acceptors (Lipinski definition) is 6. The minimum atomic E-state index is -0.806. The number of halogens is 2. The number of urea groups is 1. The minimum Gasteiger partial charge on any atom is -0.506 e. The predicted octanol–water partition coefficient (Wildman–Crippen LogP) is 4.78. The molecule has 2 aliphatic rings. The van der Waals surface area contributed by atoms with Gasteiger partial charge in [-0.1, -0.05) is 30.3 Å². The number of piperazine rings is 1. The number of phenols is 1. The van der Waals surface area contributed by atoms with Crippen LogP contribution in [0.5, 0.6) is 5.75 Å². The lowest BCUT2D eigenvalue weighted by Gasteiger charge is -2.38. The lowest BCUT2D eigenvalue weighted by Crippen LogP contribution is -2.57. The van der Waals surface area contributed by atoms with Gasteiger partial charge in [0.1, 0.15) is 11.8 Å². The van der Waals surface area contributed by atoms with E-state index in [4.69, 9.17) is 0 Å². The number of anilines is 1. The van der Waals surface area contributed by atoms with E-state index in [-0.39, 0.29) is 35.8 Å². The summed E-state index contributed by atoms with van der Waals surface area (Å²) in [6.45, 7) is 3.26. The number of rotatable bonds is 7. The van der Waals surface area contributed by atoms with Crippen LogP contribution in [-0.4, -0.2) is 86.7 Å². The Hall–Kier alpha value is -4.10. The summed E-state index contributed by atoms with van der Waals surface area (Å²) in [7, 11) is 0. The summed E-state index contributed by atoms with van der Waals surface area (Å²) in [5.74, 6) is -0.0795. The van der Waals surface area contributed by atoms with Crippen molar-refractivity contribution in [3.05, 3.63) is 98.2 Å². The molecule has 2 aliphatic heterocycles. The van der Waals surface area contributed by atoms with E-state index in [0.29, 0.717) is 61.1 Å². The van der Waals surface area contributed by atoms with Crippen molar-refractivity contribution in [2.45, 2.75) is 31.3 Å². The largest absolute Gasteiger partial charge is 0.506 e. The Morgan fingerprint density at radius 3 is 2.30 bits per heavy atom. The molecule has 3 amide bonds. The number of nitrogens with zero attached hydrogens (tertiary/aromatic N) is 5. The number of nitrogens with one attached hydrogen (secondary N) is 2. The third-order valence-electron chi connectivity index (χ3n) is 8.69. The third-order valence-corrected chi connectivity index (χ3v) is 9.90. The number of aromatic amines is 1. The van der Waals surface area contributed by atoms with Crippen molar-refractivity contribution in [3.63, 3.8) is 0 Å². The highest BCUT2D eigenvalue weighted by molar-refractivity contribution is 9.11. The minimum absolute atomic E-state index is 0.0366. The van der Waals surface area contributed by atoms with Crippen molar-refractivity contribution in [2.75, 3.05) is 44.2 Å². The van der Waals surface area contributed by atoms with Gasteiger partial charge in [0.05, 0.1) is 26.5 Å². The summed E-state index contributed by atoms with van der Waals surface area (Å²) in [4.78, 5) is 53.2. The first kappa shape index (κ1) is 31.9. The van der Waals surface area contributed by atoms with Crippen LogP contribution in [0.25, 0.3) is 11.3 Å². The van der Waals surface area contributed by atoms with Gasteiger partial charge >= 0.3 is 11.7 Å². The number of hydrogen-bond donors (Lipinski definition) is 3. The van der Waals surface area contributed by atoms with Crippen LogP contribution in [-0.2, 0) is 11.2 Å². The monoisotopic (exact) mass is 751 g/mol. The lowest BCUT2D eigenvalue weighted by atomic mass is 10.0. The first-order chi connectivity index (χ1) is 22.3. The van der Waals surface area contributed by atoms with Crippen LogP contribution < -0.4 is 15.9 Å². The molecule has 13 heteroatoms. The predicted molar refractivity (Wildman–Crippen MR) is 183 cm³/mol. The second kappa shape index (κ2) is 14.1. The van der Waals surface area contributed by atoms with Gasteiger partial charge in [0.15, 0.2) is 0 Å². The van der Waals surface area contributed by atoms with Crippen LogP contribution in [0.4, 0.5) is 10.5 Å². The zero-order chi connectivity index (χ0) is 32.2. The fourth-order valence-electron chi connectivity index (χ4n) is 6.15. The molecule has 0 saturated carbocycles. The second-order valence-electron chi connectivity index (χ2n) is 11.6. The molecule has 0 radical (unpaired) electrons. The van der Waals surface area contributed by atoms with Gasteiger partial charge in [-0.2, -0.15) is 0 Å². The van der Waals surface area contributed by atoms with Crippen molar-refractivity contribution in [2.24, 2.45) is 0 Å². The van der Waals surface area contributed by atoms with Crippen LogP contribution in [0.2, 0.25) is 0 Å². The van der Waals surface area contributed by atoms with E-state index in [0.717, 1.165) is 22.5 Å². The number of aromatic nitrogens is 3. The third kappa shape index (κ3) is 7.15. The van der Waals surface area contributed by atoms with E-state index in [1.54, 1.807) is 32.7 Å². The summed E-state index contributed by atoms with van der Waals surface area (Å²) >= 11 is 6.76. The zero-order valence-corrected chi connectivity index (χ0v) is 28.3. The van der Waals surface area contributed by atoms with Gasteiger partial charge in [-0.25, -0.2) is 9.59 Å². The van der Waals surface area contributed by atoms with Crippen molar-refractivity contribution >= 4 is 49.5 Å². The molecule has 0 spiro atoms. The van der Waals surface area contributed by atoms with E-state index in [1.807, 2.05) is 54.9 Å². The quantitative estimate of drug-likeness (QED) is 0.250. The van der Waals surface area contributed by atoms with Crippen LogP contribution in [0.1, 0.15) is 24.4 Å². The molecule has 0 bridgehead atoms. The molecule has 4 aromatic rings. The molecule has 2 saturated heterocycles. The van der Waals surface area contributed by atoms with E-state index >= 15 is 0 Å². The molecule has 11 nitrogen and oxygen atoms in total. The highest BCUT2D eigenvalue weighted by Crippen LogP contribution is 2.34. The zero-order valence-electron chi connectivity index (χ0n) is 25.1. The smallest absolute Gasteiger partial charge is 0.326 e. The number of H-pyrrole nitrogens is 1. The maximum Gasteiger partial charge on any atom is 0.326 e. The van der Waals surface area contributed by atoms with Crippen LogP contribution in [0, 0.1) is 0 Å². The fourth-order valence-corrected chi connectivity index (χ4v) is 7.43. The lowest BCUT2D eigenvalue weighted by molar-refractivity contribution is -0.133. The van der Waals surface area contributed by atoms with E-state index < -0.39 is 6.04 Å². The molecule has 46 heavy (non-hydrogen) atoms. The number of phenolic OH excluding ortho intramolecular Hbond substituents is 1. The molecule has 0 aliphatic carbocycles. The number of amides is 3. The van der Waals surface area contributed by atoms with Gasteiger partial charge < -0.3 is 30.1 Å². The van der Waals surface area contributed by atoms with Gasteiger partial charge in [0.2, 0.25) is 5.91 Å². The van der Waals surface area contributed by atoms with Crippen LogP contribution in [0.15, 0.2) is 86.9 Å². The number of carbonyl (C=O) groups excluding carboxylic acids is 2. The molecule has 3 N–H and O–H groups in total. The highest BCUT2D eigenvalue weighted by Gasteiger charge is 2.32. The molecule has 2 aromatic carbocycles. The Labute approximate surface area is 283 Å². The maximum atomic E-state index is 13.9. The Kier molecular flexibility index (Phi) is 9.78. The fraction of sp³-hybridized carbons (Fsp3) is 0.333. The highest BCUT2D eigenvalue weighted by atomic mass is 79.9. The van der Waals surface area contributed by atoms with Crippen molar-refractivity contribution in [3.8, 4) is 17.0 Å². The van der Waals surface area contributed by atoms with Gasteiger partial charge in [0.25, 0.3) is 0 Å². The van der Waals surface area contributed by atoms with Crippen molar-refractivity contribution in [1.82, 2.24) is 29.7 Å². The first-order valence-electron chi connectivity index (χ1n) is 15.3. The Morgan fingerprint density at radius 1 is 0.957 bits per heavy atom. The average Bonchev–Trinajstić information content (AvgIpc) is 3.48. The van der Waals surface area contributed by atoms with E-state index in [1.165, 1.54) is 0 Å². The summed E-state index contributed by atoms with van der Waals surface area (Å²) < 4.78 is 2.73. The number of carbonyl (C=O) groups is 2. The topological polar surface area (TPSA) is 127 Å². The summed E-state index contributed by atoms with van der Waals surface area (Å²) in [5, 5.41) is 13.2. The number of piperidine rings is 1. The average molecular weight is 753 g/mol. The van der Waals surface area contributed by atoms with Gasteiger partial charge in [0, 0.05) is 64.1 Å². The van der Waals surface area contributed by atoms with Crippen molar-refractivity contribution < 1.29 is 14.7 Å². The molecule has 0 unspecified atom stereocenters. The van der Waals surface area contributed by atoms with Gasteiger partial charge in [-0.3, -0.25) is 14.3 Å². The molecule has 6 rings (SSSR count). The Morgan fingerprint density at radius 2 is 1.65 bits per heavy atom. The summed E-state index contributed by atoms with van der Waals surface area (Å²) in [6, 6.07) is 16.0. The molecule has 2 fully saturated rings. The molecular weight excluding hydrogens is 718 g/mol. The van der Waals surface area contributed by atoms with E-state index in [9.17, 15) is 19.5 Å². The molecule has 240 valence electrons. The summed E-state index contributed by atoms with van der Waals surface area (Å²) in [5.41, 5.74) is 3.34. The molecule has 4 heterocycles. The van der Waals surface area contributed by atoms with Crippen LogP contribution in [0.3, 0.4) is 0 Å². The van der Waals surface area contributed by atoms with Crippen LogP contribution >= 0.6 is 31.9 Å². The molecule has 1 atom stereocenters. The number of imidazole rings is 1. The van der Waals surface area contributed by atoms with Gasteiger partial charge in [-0.15, -0.1) is 0 Å². The Bertz CT molecular complexity index is 1710. The molecular formula is C33H35Br2N7O4. The molecule has 2 aromatic heterocycles. The number of aromatic hydroxyl groups is 1. The normalized spacial score (nSPS) is 16.3. The maximum absolute atomic E-state index is 13.9. The first-order valence-corrected chi connectivity index (χ1v) is 16.9. The number of likely N-dealkylation sites (tertiary alicyclic amines) is 1. The SMILES string of the molecule is O=C(N[C@@H](Cc1cc(Br)c(O)c(Br)c1)C(=O)N1CCN(c2cccnc2)CC1)N1CCC(n2cc(-c3ccccc3)[nH]c2=O)CC1. The van der Waals surface area contributed by atoms with E-state index in [2.05, 4.69) is 52.0 Å². The Balaban J connectivity index is 1.12. The van der Waals surface area contributed by atoms with Crippen molar-refractivity contribution in [1.29, 1.82) is 0 Å².